The van der Waals surface area contributed by atoms with Gasteiger partial charge in [-0.2, -0.15) is 0 Å². The minimum Gasteiger partial charge on any atom is -0.370 e. The van der Waals surface area contributed by atoms with Crippen molar-refractivity contribution in [1.82, 2.24) is 14.8 Å². The van der Waals surface area contributed by atoms with Crippen molar-refractivity contribution in [3.8, 4) is 0 Å². The minimum absolute atomic E-state index is 0.0760. The van der Waals surface area contributed by atoms with Gasteiger partial charge < -0.3 is 14.7 Å². The number of fused-ring (bicyclic) bond motifs is 1. The highest BCUT2D eigenvalue weighted by Crippen LogP contribution is 2.37. The van der Waals surface area contributed by atoms with Gasteiger partial charge in [-0.25, -0.2) is 13.2 Å². The van der Waals surface area contributed by atoms with Crippen LogP contribution in [0.15, 0.2) is 24.4 Å². The second kappa shape index (κ2) is 7.94. The summed E-state index contributed by atoms with van der Waals surface area (Å²) in [6, 6.07) is 4.14. The Morgan fingerprint density at radius 3 is 2.28 bits per heavy atom. The van der Waals surface area contributed by atoms with E-state index in [-0.39, 0.29) is 49.2 Å². The smallest absolute Gasteiger partial charge is 0.257 e. The first-order valence-electron chi connectivity index (χ1n) is 11.1. The minimum atomic E-state index is -2.74. The molecule has 2 aromatic rings. The average molecular weight is 446 g/mol. The van der Waals surface area contributed by atoms with E-state index in [1.54, 1.807) is 9.80 Å². The zero-order chi connectivity index (χ0) is 22.5. The monoisotopic (exact) mass is 446 g/mol. The number of halogens is 3. The number of rotatable bonds is 3. The third-order valence-corrected chi connectivity index (χ3v) is 6.65. The van der Waals surface area contributed by atoms with Gasteiger partial charge >= 0.3 is 0 Å². The van der Waals surface area contributed by atoms with E-state index in [1.165, 1.54) is 24.4 Å². The number of anilines is 1. The SMILES string of the molecule is O=C(c1cnc2ccc(F)cc2c1N1CCC(F)(F)CC1)N1CCN(C(=O)C2CC2)CC1. The highest BCUT2D eigenvalue weighted by molar-refractivity contribution is 6.07. The summed E-state index contributed by atoms with van der Waals surface area (Å²) in [5.41, 5.74) is 1.26. The van der Waals surface area contributed by atoms with Crippen LogP contribution in [0.4, 0.5) is 18.9 Å². The lowest BCUT2D eigenvalue weighted by Gasteiger charge is -2.37. The summed E-state index contributed by atoms with van der Waals surface area (Å²) in [6.45, 7) is 1.90. The molecule has 0 spiro atoms. The third kappa shape index (κ3) is 4.00. The molecule has 2 amide bonds. The van der Waals surface area contributed by atoms with Crippen LogP contribution in [0.3, 0.4) is 0 Å². The number of nitrogens with zero attached hydrogens (tertiary/aromatic N) is 4. The number of carbonyl (C=O) groups excluding carboxylic acids is 2. The Balaban J connectivity index is 1.44. The van der Waals surface area contributed by atoms with Gasteiger partial charge in [0.15, 0.2) is 0 Å². The number of hydrogen-bond acceptors (Lipinski definition) is 4. The van der Waals surface area contributed by atoms with Crippen molar-refractivity contribution in [1.29, 1.82) is 0 Å². The summed E-state index contributed by atoms with van der Waals surface area (Å²) < 4.78 is 41.6. The van der Waals surface area contributed by atoms with Crippen molar-refractivity contribution in [3.05, 3.63) is 35.8 Å². The van der Waals surface area contributed by atoms with Gasteiger partial charge in [0.2, 0.25) is 5.91 Å². The maximum absolute atomic E-state index is 14.1. The molecule has 5 rings (SSSR count). The number of hydrogen-bond donors (Lipinski definition) is 0. The van der Waals surface area contributed by atoms with Gasteiger partial charge in [0.1, 0.15) is 5.82 Å². The molecular formula is C23H25F3N4O2. The molecule has 2 aliphatic heterocycles. The second-order valence-corrected chi connectivity index (χ2v) is 8.92. The molecule has 6 nitrogen and oxygen atoms in total. The first-order valence-corrected chi connectivity index (χ1v) is 11.1. The summed E-state index contributed by atoms with van der Waals surface area (Å²) in [5, 5.41) is 0.448. The molecule has 3 fully saturated rings. The normalized spacial score (nSPS) is 21.2. The summed E-state index contributed by atoms with van der Waals surface area (Å²) in [4.78, 5) is 35.3. The summed E-state index contributed by atoms with van der Waals surface area (Å²) >= 11 is 0. The number of piperazine rings is 1. The molecule has 9 heteroatoms. The van der Waals surface area contributed by atoms with Crippen molar-refractivity contribution in [2.24, 2.45) is 5.92 Å². The van der Waals surface area contributed by atoms with E-state index in [9.17, 15) is 22.8 Å². The molecule has 0 unspecified atom stereocenters. The van der Waals surface area contributed by atoms with E-state index in [0.29, 0.717) is 42.8 Å². The van der Waals surface area contributed by atoms with Crippen LogP contribution in [-0.4, -0.2) is 71.8 Å². The summed E-state index contributed by atoms with van der Waals surface area (Å²) in [6.07, 6.45) is 2.71. The molecule has 0 bridgehead atoms. The summed E-state index contributed by atoms with van der Waals surface area (Å²) in [7, 11) is 0. The number of piperidine rings is 1. The molecule has 1 aromatic carbocycles. The Morgan fingerprint density at radius 1 is 0.969 bits per heavy atom. The Bertz CT molecular complexity index is 1050. The lowest BCUT2D eigenvalue weighted by atomic mass is 10.0. The molecule has 0 atom stereocenters. The molecule has 170 valence electrons. The summed E-state index contributed by atoms with van der Waals surface area (Å²) in [5.74, 6) is -3.18. The maximum Gasteiger partial charge on any atom is 0.257 e. The molecule has 0 N–H and O–H groups in total. The predicted octanol–water partition coefficient (Wildman–Crippen LogP) is 3.30. The van der Waals surface area contributed by atoms with E-state index in [2.05, 4.69) is 4.98 Å². The molecule has 3 aliphatic rings. The molecule has 1 aromatic heterocycles. The van der Waals surface area contributed by atoms with Gasteiger partial charge in [0, 0.05) is 69.6 Å². The van der Waals surface area contributed by atoms with Crippen molar-refractivity contribution in [2.75, 3.05) is 44.2 Å². The molecule has 1 aliphatic carbocycles. The van der Waals surface area contributed by atoms with E-state index in [4.69, 9.17) is 0 Å². The Hall–Kier alpha value is -2.84. The number of amides is 2. The fourth-order valence-corrected chi connectivity index (χ4v) is 4.59. The topological polar surface area (TPSA) is 56.8 Å². The van der Waals surface area contributed by atoms with Crippen LogP contribution in [0.25, 0.3) is 10.9 Å². The zero-order valence-electron chi connectivity index (χ0n) is 17.7. The lowest BCUT2D eigenvalue weighted by molar-refractivity contribution is -0.134. The molecule has 3 heterocycles. The van der Waals surface area contributed by atoms with Gasteiger partial charge in [0.25, 0.3) is 11.8 Å². The van der Waals surface area contributed by atoms with Crippen LogP contribution >= 0.6 is 0 Å². The number of alkyl halides is 2. The van der Waals surface area contributed by atoms with Crippen LogP contribution in [0.2, 0.25) is 0 Å². The van der Waals surface area contributed by atoms with Crippen molar-refractivity contribution in [3.63, 3.8) is 0 Å². The second-order valence-electron chi connectivity index (χ2n) is 8.92. The van der Waals surface area contributed by atoms with Gasteiger partial charge in [0.05, 0.1) is 16.8 Å². The van der Waals surface area contributed by atoms with Gasteiger partial charge in [-0.1, -0.05) is 0 Å². The quantitative estimate of drug-likeness (QED) is 0.726. The van der Waals surface area contributed by atoms with Crippen LogP contribution in [0, 0.1) is 11.7 Å². The molecule has 2 saturated heterocycles. The molecule has 32 heavy (non-hydrogen) atoms. The highest BCUT2D eigenvalue weighted by atomic mass is 19.3. The van der Waals surface area contributed by atoms with Crippen LogP contribution in [-0.2, 0) is 4.79 Å². The first kappa shape index (κ1) is 21.0. The molecule has 1 saturated carbocycles. The standard InChI is InChI=1S/C23H25F3N4O2/c24-16-3-4-19-17(13-16)20(28-7-5-23(25,26)6-8-28)18(14-27-19)22(32)30-11-9-29(10-12-30)21(31)15-1-2-15/h3-4,13-15H,1-2,5-12H2. The molecule has 0 radical (unpaired) electrons. The third-order valence-electron chi connectivity index (χ3n) is 6.65. The van der Waals surface area contributed by atoms with Crippen LogP contribution < -0.4 is 4.90 Å². The fraction of sp³-hybridized carbons (Fsp3) is 0.522. The van der Waals surface area contributed by atoms with Crippen LogP contribution in [0.5, 0.6) is 0 Å². The van der Waals surface area contributed by atoms with Crippen LogP contribution in [0.1, 0.15) is 36.0 Å². The van der Waals surface area contributed by atoms with Crippen molar-refractivity contribution >= 4 is 28.4 Å². The Kier molecular flexibility index (Phi) is 5.22. The highest BCUT2D eigenvalue weighted by Gasteiger charge is 2.38. The van der Waals surface area contributed by atoms with Gasteiger partial charge in [-0.05, 0) is 31.0 Å². The number of carbonyl (C=O) groups is 2. The predicted molar refractivity (Wildman–Crippen MR) is 113 cm³/mol. The number of pyridine rings is 1. The number of aromatic nitrogens is 1. The average Bonchev–Trinajstić information content (AvgIpc) is 3.63. The van der Waals surface area contributed by atoms with E-state index >= 15 is 0 Å². The van der Waals surface area contributed by atoms with Gasteiger partial charge in [-0.15, -0.1) is 0 Å². The largest absolute Gasteiger partial charge is 0.370 e. The first-order chi connectivity index (χ1) is 15.3. The Morgan fingerprint density at radius 2 is 1.62 bits per heavy atom. The fourth-order valence-electron chi connectivity index (χ4n) is 4.59. The molecular weight excluding hydrogens is 421 g/mol. The Labute approximate surface area is 184 Å². The van der Waals surface area contributed by atoms with E-state index < -0.39 is 11.7 Å². The van der Waals surface area contributed by atoms with Crippen molar-refractivity contribution in [2.45, 2.75) is 31.6 Å². The number of benzene rings is 1. The maximum atomic E-state index is 14.1. The van der Waals surface area contributed by atoms with E-state index in [1.807, 2.05) is 4.90 Å². The van der Waals surface area contributed by atoms with Crippen molar-refractivity contribution < 1.29 is 22.8 Å². The van der Waals surface area contributed by atoms with Gasteiger partial charge in [-0.3, -0.25) is 14.6 Å². The zero-order valence-corrected chi connectivity index (χ0v) is 17.7. The van der Waals surface area contributed by atoms with E-state index in [0.717, 1.165) is 12.8 Å². The lowest BCUT2D eigenvalue weighted by Crippen LogP contribution is -2.51.